The average Bonchev–Trinajstić information content (AvgIpc) is 2.71. The number of ether oxygens (including phenoxy) is 1. The van der Waals surface area contributed by atoms with Crippen LogP contribution < -0.4 is 4.74 Å². The Morgan fingerprint density at radius 1 is 0.692 bits per heavy atom. The molecule has 0 N–H and O–H groups in total. The molecule has 0 aliphatic carbocycles. The third-order valence-electron chi connectivity index (χ3n) is 5.02. The Morgan fingerprint density at radius 3 is 2.12 bits per heavy atom. The van der Waals surface area contributed by atoms with Crippen LogP contribution in [0.1, 0.15) is 15.9 Å². The summed E-state index contributed by atoms with van der Waals surface area (Å²) in [4.78, 5) is 11.5. The largest absolute Gasteiger partial charge is 0.488 e. The monoisotopic (exact) mass is 336 g/mol. The Balaban J connectivity index is 1.72. The summed E-state index contributed by atoms with van der Waals surface area (Å²) in [7, 11) is 0. The van der Waals surface area contributed by atoms with Gasteiger partial charge in [-0.2, -0.15) is 0 Å². The molecule has 5 aromatic rings. The van der Waals surface area contributed by atoms with Crippen LogP contribution >= 0.6 is 0 Å². The van der Waals surface area contributed by atoms with E-state index >= 15 is 0 Å². The molecule has 0 aromatic heterocycles. The molecule has 2 heteroatoms. The number of carbonyl (C=O) groups is 1. The molecule has 0 saturated heterocycles. The standard InChI is InChI=1S/C24H16O2/c25-14-19-9-8-17-6-7-18-10-13-22(26-15-16-4-2-1-3-5-16)21-12-11-20(19)23(17)24(18)21/h1-14H,15H2. The van der Waals surface area contributed by atoms with Gasteiger partial charge in [-0.15, -0.1) is 0 Å². The van der Waals surface area contributed by atoms with Crippen molar-refractivity contribution in [3.63, 3.8) is 0 Å². The summed E-state index contributed by atoms with van der Waals surface area (Å²) in [5.74, 6) is 0.868. The number of rotatable bonds is 4. The molecule has 0 aliphatic heterocycles. The SMILES string of the molecule is O=Cc1ccc2ccc3ccc(OCc4ccccc4)c4ccc1c2c34. The van der Waals surface area contributed by atoms with Crippen LogP contribution in [0.25, 0.3) is 32.3 Å². The van der Waals surface area contributed by atoms with E-state index in [0.717, 1.165) is 55.5 Å². The maximum absolute atomic E-state index is 11.5. The highest BCUT2D eigenvalue weighted by Gasteiger charge is 2.13. The van der Waals surface area contributed by atoms with Crippen molar-refractivity contribution in [2.45, 2.75) is 6.61 Å². The van der Waals surface area contributed by atoms with Crippen LogP contribution in [-0.4, -0.2) is 6.29 Å². The van der Waals surface area contributed by atoms with Gasteiger partial charge in [0.05, 0.1) is 0 Å². The van der Waals surface area contributed by atoms with Gasteiger partial charge in [0.15, 0.2) is 6.29 Å². The molecule has 0 radical (unpaired) electrons. The quantitative estimate of drug-likeness (QED) is 0.298. The summed E-state index contributed by atoms with van der Waals surface area (Å²) in [5, 5.41) is 6.68. The van der Waals surface area contributed by atoms with Crippen molar-refractivity contribution < 1.29 is 9.53 Å². The van der Waals surface area contributed by atoms with Gasteiger partial charge in [0.1, 0.15) is 12.4 Å². The van der Waals surface area contributed by atoms with Crippen LogP contribution in [-0.2, 0) is 6.61 Å². The lowest BCUT2D eigenvalue weighted by Gasteiger charge is -2.15. The number of hydrogen-bond acceptors (Lipinski definition) is 2. The molecule has 124 valence electrons. The third-order valence-corrected chi connectivity index (χ3v) is 5.02. The van der Waals surface area contributed by atoms with E-state index in [1.807, 2.05) is 42.5 Å². The Bertz CT molecular complexity index is 1240. The molecular formula is C24H16O2. The number of benzene rings is 5. The van der Waals surface area contributed by atoms with Crippen molar-refractivity contribution in [1.82, 2.24) is 0 Å². The van der Waals surface area contributed by atoms with Gasteiger partial charge in [0.2, 0.25) is 0 Å². The van der Waals surface area contributed by atoms with Gasteiger partial charge in [0, 0.05) is 16.3 Å². The van der Waals surface area contributed by atoms with Crippen LogP contribution in [0.15, 0.2) is 78.9 Å². The first-order valence-corrected chi connectivity index (χ1v) is 8.67. The Kier molecular flexibility index (Phi) is 3.36. The van der Waals surface area contributed by atoms with Crippen LogP contribution in [0.2, 0.25) is 0 Å². The molecule has 0 amide bonds. The lowest BCUT2D eigenvalue weighted by Crippen LogP contribution is -1.96. The van der Waals surface area contributed by atoms with E-state index in [1.165, 1.54) is 0 Å². The fraction of sp³-hybridized carbons (Fsp3) is 0.0417. The van der Waals surface area contributed by atoms with Crippen LogP contribution in [0.3, 0.4) is 0 Å². The minimum Gasteiger partial charge on any atom is -0.488 e. The summed E-state index contributed by atoms with van der Waals surface area (Å²) in [6.45, 7) is 0.532. The fourth-order valence-corrected chi connectivity index (χ4v) is 3.76. The van der Waals surface area contributed by atoms with E-state index in [1.54, 1.807) is 0 Å². The Morgan fingerprint density at radius 2 is 1.35 bits per heavy atom. The zero-order valence-corrected chi connectivity index (χ0v) is 14.1. The fourth-order valence-electron chi connectivity index (χ4n) is 3.76. The maximum atomic E-state index is 11.5. The van der Waals surface area contributed by atoms with E-state index in [0.29, 0.717) is 6.61 Å². The zero-order valence-electron chi connectivity index (χ0n) is 14.1. The molecule has 0 saturated carbocycles. The Hall–Kier alpha value is -3.39. The van der Waals surface area contributed by atoms with Crippen molar-refractivity contribution in [3.8, 4) is 5.75 Å². The number of aldehydes is 1. The van der Waals surface area contributed by atoms with Gasteiger partial charge in [-0.3, -0.25) is 4.79 Å². The van der Waals surface area contributed by atoms with Crippen molar-refractivity contribution in [1.29, 1.82) is 0 Å². The lowest BCUT2D eigenvalue weighted by atomic mass is 9.92. The summed E-state index contributed by atoms with van der Waals surface area (Å²) in [5.41, 5.74) is 1.86. The van der Waals surface area contributed by atoms with Gasteiger partial charge in [-0.25, -0.2) is 0 Å². The molecule has 0 fully saturated rings. The first-order valence-electron chi connectivity index (χ1n) is 8.67. The average molecular weight is 336 g/mol. The second kappa shape index (κ2) is 5.85. The minimum absolute atomic E-state index is 0.532. The van der Waals surface area contributed by atoms with E-state index in [2.05, 4.69) is 36.4 Å². The van der Waals surface area contributed by atoms with E-state index < -0.39 is 0 Å². The lowest BCUT2D eigenvalue weighted by molar-refractivity contribution is 0.112. The molecule has 0 bridgehead atoms. The summed E-state index contributed by atoms with van der Waals surface area (Å²) >= 11 is 0. The van der Waals surface area contributed by atoms with E-state index in [9.17, 15) is 4.79 Å². The minimum atomic E-state index is 0.532. The summed E-state index contributed by atoms with van der Waals surface area (Å²) in [6.07, 6.45) is 0.929. The van der Waals surface area contributed by atoms with Crippen molar-refractivity contribution >= 4 is 38.6 Å². The number of hydrogen-bond donors (Lipinski definition) is 0. The zero-order chi connectivity index (χ0) is 17.5. The molecule has 0 aliphatic rings. The number of carbonyl (C=O) groups excluding carboxylic acids is 1. The Labute approximate surface area is 151 Å². The summed E-state index contributed by atoms with van der Waals surface area (Å²) in [6, 6.07) is 26.5. The first kappa shape index (κ1) is 14.9. The van der Waals surface area contributed by atoms with Gasteiger partial charge in [-0.05, 0) is 39.2 Å². The second-order valence-electron chi connectivity index (χ2n) is 6.53. The van der Waals surface area contributed by atoms with Gasteiger partial charge in [0.25, 0.3) is 0 Å². The molecule has 2 nitrogen and oxygen atoms in total. The van der Waals surface area contributed by atoms with Crippen molar-refractivity contribution in [2.75, 3.05) is 0 Å². The van der Waals surface area contributed by atoms with Gasteiger partial charge < -0.3 is 4.74 Å². The van der Waals surface area contributed by atoms with Crippen LogP contribution in [0, 0.1) is 0 Å². The molecule has 5 aromatic carbocycles. The van der Waals surface area contributed by atoms with E-state index in [4.69, 9.17) is 4.74 Å². The second-order valence-corrected chi connectivity index (χ2v) is 6.53. The molecule has 0 atom stereocenters. The predicted molar refractivity (Wildman–Crippen MR) is 106 cm³/mol. The smallest absolute Gasteiger partial charge is 0.150 e. The normalized spacial score (nSPS) is 11.4. The highest BCUT2D eigenvalue weighted by atomic mass is 16.5. The third kappa shape index (κ3) is 2.23. The van der Waals surface area contributed by atoms with Crippen LogP contribution in [0.5, 0.6) is 5.75 Å². The highest BCUT2D eigenvalue weighted by molar-refractivity contribution is 6.26. The molecule has 0 spiro atoms. The van der Waals surface area contributed by atoms with Crippen molar-refractivity contribution in [2.24, 2.45) is 0 Å². The van der Waals surface area contributed by atoms with Gasteiger partial charge in [-0.1, -0.05) is 66.7 Å². The van der Waals surface area contributed by atoms with Crippen LogP contribution in [0.4, 0.5) is 0 Å². The molecule has 5 rings (SSSR count). The molecule has 0 unspecified atom stereocenters. The summed E-state index contributed by atoms with van der Waals surface area (Å²) < 4.78 is 6.14. The predicted octanol–water partition coefficient (Wildman–Crippen LogP) is 5.98. The van der Waals surface area contributed by atoms with E-state index in [-0.39, 0.29) is 0 Å². The van der Waals surface area contributed by atoms with Crippen molar-refractivity contribution in [3.05, 3.63) is 90.0 Å². The maximum Gasteiger partial charge on any atom is 0.150 e. The molecular weight excluding hydrogens is 320 g/mol. The van der Waals surface area contributed by atoms with Gasteiger partial charge >= 0.3 is 0 Å². The highest BCUT2D eigenvalue weighted by Crippen LogP contribution is 2.39. The molecule has 0 heterocycles. The topological polar surface area (TPSA) is 26.3 Å². The first-order chi connectivity index (χ1) is 12.8. The molecule has 26 heavy (non-hydrogen) atoms.